The monoisotopic (exact) mass is 70.0 g/mol. The summed E-state index contributed by atoms with van der Waals surface area (Å²) in [7, 11) is 0. The van der Waals surface area contributed by atoms with Gasteiger partial charge in [-0.2, -0.15) is 5.10 Å². The van der Waals surface area contributed by atoms with Gasteiger partial charge in [0.2, 0.25) is 0 Å². The molecule has 0 spiro atoms. The van der Waals surface area contributed by atoms with Gasteiger partial charge in [0.25, 0.3) is 0 Å². The maximum Gasteiger partial charge on any atom is 0.0487 e. The molecule has 1 rings (SSSR count). The number of H-pyrrole nitrogens is 1. The summed E-state index contributed by atoms with van der Waals surface area (Å²) < 4.78 is 0. The minimum absolute atomic E-state index is 1.69. The Morgan fingerprint density at radius 3 is 3.00 bits per heavy atom. The Hall–Kier alpha value is -0.790. The van der Waals surface area contributed by atoms with Crippen molar-refractivity contribution >= 4 is 0 Å². The molecule has 0 aromatic carbocycles. The molecule has 0 amide bonds. The molecule has 5 heavy (non-hydrogen) atoms. The third-order valence-electron chi connectivity index (χ3n) is 0.406. The Morgan fingerprint density at radius 1 is 1.80 bits per heavy atom. The topological polar surface area (TPSA) is 28.7 Å². The fourth-order valence-electron chi connectivity index (χ4n) is 0.215. The van der Waals surface area contributed by atoms with Crippen LogP contribution in [0.5, 0.6) is 0 Å². The van der Waals surface area contributed by atoms with Gasteiger partial charge in [-0.25, -0.2) is 0 Å². The van der Waals surface area contributed by atoms with Crippen molar-refractivity contribution in [3.8, 4) is 0 Å². The van der Waals surface area contributed by atoms with Gasteiger partial charge in [-0.15, -0.1) is 0 Å². The third kappa shape index (κ3) is 0.265. The second-order valence-corrected chi connectivity index (χ2v) is 0.766. The Labute approximate surface area is 29.8 Å². The van der Waals surface area contributed by atoms with Crippen molar-refractivity contribution in [2.24, 2.45) is 0 Å². The molecule has 0 fully saturated rings. The maximum absolute atomic E-state index is 3.60. The predicted octanol–water partition coefficient (Wildman–Crippen LogP) is 0.410. The number of aromatic nitrogens is 2. The molecule has 0 aliphatic carbocycles. The van der Waals surface area contributed by atoms with Gasteiger partial charge in [0, 0.05) is 12.4 Å². The Morgan fingerprint density at radius 2 is 2.80 bits per heavy atom. The summed E-state index contributed by atoms with van der Waals surface area (Å²) >= 11 is 0. The summed E-state index contributed by atoms with van der Waals surface area (Å²) in [5.41, 5.74) is 0. The van der Waals surface area contributed by atoms with E-state index in [2.05, 4.69) is 10.2 Å². The standard InChI is InChI=1S/C3H4N2/c1-2-4-5-3-1/h1-3H,(H,4,5)/i2+2. The van der Waals surface area contributed by atoms with Crippen LogP contribution < -0.4 is 0 Å². The molecule has 0 saturated heterocycles. The van der Waals surface area contributed by atoms with Crippen molar-refractivity contribution in [2.45, 2.75) is 0 Å². The van der Waals surface area contributed by atoms with Gasteiger partial charge in [-0.3, -0.25) is 5.10 Å². The molecule has 1 aromatic heterocycles. The van der Waals surface area contributed by atoms with Crippen LogP contribution in [0.3, 0.4) is 0 Å². The average molecular weight is 70.1 g/mol. The van der Waals surface area contributed by atoms with Crippen molar-refractivity contribution < 1.29 is 0 Å². The van der Waals surface area contributed by atoms with Crippen LogP contribution in [0.2, 0.25) is 0 Å². The van der Waals surface area contributed by atoms with Crippen LogP contribution in [0, 0.1) is 0 Å². The summed E-state index contributed by atoms with van der Waals surface area (Å²) in [5.74, 6) is 0. The van der Waals surface area contributed by atoms with E-state index in [4.69, 9.17) is 0 Å². The van der Waals surface area contributed by atoms with Gasteiger partial charge < -0.3 is 0 Å². The van der Waals surface area contributed by atoms with E-state index < -0.39 is 0 Å². The molecule has 2 heteroatoms. The van der Waals surface area contributed by atoms with Crippen molar-refractivity contribution in [3.05, 3.63) is 18.5 Å². The number of nitrogens with one attached hydrogen (secondary N) is 1. The Balaban J connectivity index is 3.13. The molecule has 0 aliphatic rings. The summed E-state index contributed by atoms with van der Waals surface area (Å²) in [4.78, 5) is 0. The molecule has 0 unspecified atom stereocenters. The second kappa shape index (κ2) is 0.885. The molecule has 1 N–H and O–H groups in total. The van der Waals surface area contributed by atoms with E-state index in [1.807, 2.05) is 6.07 Å². The van der Waals surface area contributed by atoms with Crippen LogP contribution in [0.1, 0.15) is 0 Å². The van der Waals surface area contributed by atoms with E-state index in [-0.39, 0.29) is 0 Å². The zero-order chi connectivity index (χ0) is 3.54. The lowest BCUT2D eigenvalue weighted by Crippen LogP contribution is -1.53. The highest BCUT2D eigenvalue weighted by atomic mass is 15.3. The molecule has 0 saturated carbocycles. The van der Waals surface area contributed by atoms with Gasteiger partial charge in [0.1, 0.15) is 0 Å². The Bertz CT molecular complexity index is 61.4. The van der Waals surface area contributed by atoms with Crippen molar-refractivity contribution in [2.75, 3.05) is 0 Å². The predicted molar refractivity (Wildman–Crippen MR) is 18.6 cm³/mol. The molecule has 26 valence electrons. The first-order valence-corrected chi connectivity index (χ1v) is 1.44. The van der Waals surface area contributed by atoms with Crippen LogP contribution in [0.25, 0.3) is 0 Å². The summed E-state index contributed by atoms with van der Waals surface area (Å²) in [6.45, 7) is 0. The SMILES string of the molecule is c1c[nH]n[14cH]1. The summed E-state index contributed by atoms with van der Waals surface area (Å²) in [5, 5.41) is 6.21. The number of rotatable bonds is 0. The van der Waals surface area contributed by atoms with Crippen molar-refractivity contribution in [1.82, 2.24) is 10.2 Å². The number of nitrogens with zero attached hydrogens (tertiary/aromatic N) is 1. The largest absolute Gasteiger partial charge is 0.286 e. The van der Waals surface area contributed by atoms with Crippen molar-refractivity contribution in [1.29, 1.82) is 0 Å². The lowest BCUT2D eigenvalue weighted by atomic mass is 11.0. The molecule has 2 nitrogen and oxygen atoms in total. The minimum atomic E-state index is 1.69. The lowest BCUT2D eigenvalue weighted by Gasteiger charge is -1.49. The Kier molecular flexibility index (Phi) is 0.433. The van der Waals surface area contributed by atoms with E-state index in [1.165, 1.54) is 0 Å². The first kappa shape index (κ1) is 2.45. The molecular weight excluding hydrogens is 66.0 g/mol. The van der Waals surface area contributed by atoms with Gasteiger partial charge in [0.05, 0.1) is 0 Å². The smallest absolute Gasteiger partial charge is 0.0487 e. The molecule has 0 radical (unpaired) electrons. The minimum Gasteiger partial charge on any atom is -0.286 e. The van der Waals surface area contributed by atoms with E-state index in [0.717, 1.165) is 0 Å². The molecule has 0 atom stereocenters. The third-order valence-corrected chi connectivity index (χ3v) is 0.406. The first-order chi connectivity index (χ1) is 2.50. The van der Waals surface area contributed by atoms with Gasteiger partial charge >= 0.3 is 0 Å². The van der Waals surface area contributed by atoms with E-state index in [0.29, 0.717) is 0 Å². The summed E-state index contributed by atoms with van der Waals surface area (Å²) in [6, 6.07) is 1.83. The quantitative estimate of drug-likeness (QED) is 0.470. The average Bonchev–Trinajstić information content (AvgIpc) is 1.76. The van der Waals surface area contributed by atoms with Crippen LogP contribution in [0.4, 0.5) is 0 Å². The van der Waals surface area contributed by atoms with Crippen LogP contribution in [-0.2, 0) is 0 Å². The molecule has 1 heterocycles. The second-order valence-electron chi connectivity index (χ2n) is 0.766. The first-order valence-electron chi connectivity index (χ1n) is 1.44. The lowest BCUT2D eigenvalue weighted by molar-refractivity contribution is 1.09. The van der Waals surface area contributed by atoms with Crippen LogP contribution >= 0.6 is 0 Å². The van der Waals surface area contributed by atoms with E-state index in [9.17, 15) is 0 Å². The molecule has 0 aliphatic heterocycles. The number of aromatic amines is 1. The van der Waals surface area contributed by atoms with Crippen molar-refractivity contribution in [3.63, 3.8) is 0 Å². The molecular formula is C3H4N2. The number of hydrogen-bond acceptors (Lipinski definition) is 1. The van der Waals surface area contributed by atoms with Gasteiger partial charge in [-0.05, 0) is 6.07 Å². The fourth-order valence-corrected chi connectivity index (χ4v) is 0.215. The molecule has 0 bridgehead atoms. The highest BCUT2D eigenvalue weighted by Crippen LogP contribution is 1.64. The summed E-state index contributed by atoms with van der Waals surface area (Å²) in [6.07, 6.45) is 3.46. The van der Waals surface area contributed by atoms with E-state index >= 15 is 0 Å². The van der Waals surface area contributed by atoms with Crippen LogP contribution in [-0.4, -0.2) is 10.2 Å². The fraction of sp³-hybridized carbons (Fsp3) is 0. The highest BCUT2D eigenvalue weighted by Gasteiger charge is 1.56. The zero-order valence-electron chi connectivity index (χ0n) is 2.68. The maximum atomic E-state index is 3.60. The van der Waals surface area contributed by atoms with Gasteiger partial charge in [0.15, 0.2) is 0 Å². The number of hydrogen-bond donors (Lipinski definition) is 1. The molecule has 1 aromatic rings. The highest BCUT2D eigenvalue weighted by molar-refractivity contribution is 4.72. The zero-order valence-corrected chi connectivity index (χ0v) is 2.68. The van der Waals surface area contributed by atoms with Crippen LogP contribution in [0.15, 0.2) is 18.5 Å². The normalized spacial score (nSPS) is 8.00. The van der Waals surface area contributed by atoms with Gasteiger partial charge in [-0.1, -0.05) is 0 Å². The van der Waals surface area contributed by atoms with E-state index in [1.54, 1.807) is 12.4 Å².